The van der Waals surface area contributed by atoms with E-state index in [1.165, 1.54) is 4.90 Å². The predicted octanol–water partition coefficient (Wildman–Crippen LogP) is 4.93. The molecule has 1 saturated heterocycles. The lowest BCUT2D eigenvalue weighted by Crippen LogP contribution is -2.46. The summed E-state index contributed by atoms with van der Waals surface area (Å²) in [7, 11) is 3.74. The normalized spacial score (nSPS) is 14.8. The molecule has 0 bridgehead atoms. The number of rotatable bonds is 4. The molecule has 0 aliphatic carbocycles. The molecular formula is C26H24F4N6O. The first-order valence-electron chi connectivity index (χ1n) is 11.8. The van der Waals surface area contributed by atoms with E-state index in [0.717, 1.165) is 28.6 Å². The minimum absolute atomic E-state index is 0.000358. The molecule has 0 atom stereocenters. The van der Waals surface area contributed by atoms with Gasteiger partial charge in [-0.3, -0.25) is 9.48 Å². The highest BCUT2D eigenvalue weighted by Gasteiger charge is 2.37. The average molecular weight is 513 g/mol. The SMILES string of the molecule is CN(c1nnc(-c2ccnn2C)c2ccccc12)C1CCN(C(=O)c2ccc(F)cc2C(F)(F)F)CC1. The second kappa shape index (κ2) is 9.45. The molecule has 0 N–H and O–H groups in total. The van der Waals surface area contributed by atoms with Crippen LogP contribution in [-0.4, -0.2) is 57.0 Å². The van der Waals surface area contributed by atoms with Gasteiger partial charge in [-0.2, -0.15) is 18.3 Å². The maximum absolute atomic E-state index is 13.5. The molecule has 2 aromatic carbocycles. The molecule has 7 nitrogen and oxygen atoms in total. The number of halogens is 4. The van der Waals surface area contributed by atoms with E-state index < -0.39 is 29.0 Å². The van der Waals surface area contributed by atoms with Crippen molar-refractivity contribution in [1.29, 1.82) is 0 Å². The van der Waals surface area contributed by atoms with Gasteiger partial charge in [-0.25, -0.2) is 4.39 Å². The monoisotopic (exact) mass is 512 g/mol. The van der Waals surface area contributed by atoms with Crippen LogP contribution in [0.5, 0.6) is 0 Å². The predicted molar refractivity (Wildman–Crippen MR) is 130 cm³/mol. The summed E-state index contributed by atoms with van der Waals surface area (Å²) in [6.45, 7) is 0.530. The Kier molecular flexibility index (Phi) is 6.30. The Hall–Kier alpha value is -4.02. The van der Waals surface area contributed by atoms with E-state index >= 15 is 0 Å². The second-order valence-corrected chi connectivity index (χ2v) is 9.08. The molecule has 0 saturated carbocycles. The first kappa shape index (κ1) is 24.7. The second-order valence-electron chi connectivity index (χ2n) is 9.08. The average Bonchev–Trinajstić information content (AvgIpc) is 3.32. The van der Waals surface area contributed by atoms with E-state index in [-0.39, 0.29) is 19.1 Å². The molecule has 1 amide bonds. The van der Waals surface area contributed by atoms with E-state index in [1.54, 1.807) is 10.9 Å². The largest absolute Gasteiger partial charge is 0.417 e. The molecule has 1 fully saturated rings. The van der Waals surface area contributed by atoms with Crippen LogP contribution in [0.3, 0.4) is 0 Å². The van der Waals surface area contributed by atoms with Gasteiger partial charge in [0.2, 0.25) is 0 Å². The molecule has 2 aromatic heterocycles. The van der Waals surface area contributed by atoms with Crippen LogP contribution in [0.1, 0.15) is 28.8 Å². The van der Waals surface area contributed by atoms with Crippen molar-refractivity contribution in [2.24, 2.45) is 7.05 Å². The number of benzene rings is 2. The Morgan fingerprint density at radius 2 is 1.73 bits per heavy atom. The van der Waals surface area contributed by atoms with Gasteiger partial charge in [0.25, 0.3) is 5.91 Å². The molecule has 0 radical (unpaired) electrons. The van der Waals surface area contributed by atoms with Crippen molar-refractivity contribution < 1.29 is 22.4 Å². The van der Waals surface area contributed by atoms with Gasteiger partial charge in [-0.1, -0.05) is 24.3 Å². The van der Waals surface area contributed by atoms with E-state index in [9.17, 15) is 22.4 Å². The molecule has 0 spiro atoms. The third-order valence-electron chi connectivity index (χ3n) is 6.88. The summed E-state index contributed by atoms with van der Waals surface area (Å²) in [6.07, 6.45) is -2.06. The molecule has 5 rings (SSSR count). The number of carbonyl (C=O) groups is 1. The summed E-state index contributed by atoms with van der Waals surface area (Å²) < 4.78 is 55.5. The Bertz CT molecular complexity index is 1460. The van der Waals surface area contributed by atoms with Crippen molar-refractivity contribution in [3.05, 3.63) is 71.7 Å². The van der Waals surface area contributed by atoms with Crippen molar-refractivity contribution in [1.82, 2.24) is 24.9 Å². The summed E-state index contributed by atoms with van der Waals surface area (Å²) in [6, 6.07) is 11.8. The fourth-order valence-electron chi connectivity index (χ4n) is 4.88. The van der Waals surface area contributed by atoms with Gasteiger partial charge in [-0.15, -0.1) is 10.2 Å². The minimum atomic E-state index is -4.83. The smallest absolute Gasteiger partial charge is 0.355 e. The molecule has 1 aliphatic rings. The first-order chi connectivity index (χ1) is 17.6. The highest BCUT2D eigenvalue weighted by atomic mass is 19.4. The standard InChI is InChI=1S/C26H24F4N6O/c1-34(24-19-6-4-3-5-18(19)23(32-33-24)22-9-12-31-35(22)2)17-10-13-36(14-11-17)25(37)20-8-7-16(27)15-21(20)26(28,29)30/h3-9,12,15,17H,10-11,13-14H2,1-2H3. The van der Waals surface area contributed by atoms with E-state index in [0.29, 0.717) is 30.4 Å². The van der Waals surface area contributed by atoms with Crippen molar-refractivity contribution >= 4 is 22.5 Å². The van der Waals surface area contributed by atoms with E-state index in [2.05, 4.69) is 15.3 Å². The molecule has 4 aromatic rings. The number of likely N-dealkylation sites (tertiary alicyclic amines) is 1. The highest BCUT2D eigenvalue weighted by molar-refractivity contribution is 6.00. The van der Waals surface area contributed by atoms with Gasteiger partial charge in [0.15, 0.2) is 5.82 Å². The number of alkyl halides is 3. The van der Waals surface area contributed by atoms with Crippen LogP contribution in [0.2, 0.25) is 0 Å². The fraction of sp³-hybridized carbons (Fsp3) is 0.308. The Balaban J connectivity index is 1.36. The lowest BCUT2D eigenvalue weighted by molar-refractivity contribution is -0.138. The fourth-order valence-corrected chi connectivity index (χ4v) is 4.88. The van der Waals surface area contributed by atoms with Crippen molar-refractivity contribution in [3.8, 4) is 11.4 Å². The van der Waals surface area contributed by atoms with Gasteiger partial charge in [0.05, 0.1) is 16.8 Å². The van der Waals surface area contributed by atoms with Gasteiger partial charge in [0.1, 0.15) is 11.5 Å². The van der Waals surface area contributed by atoms with Crippen LogP contribution in [0, 0.1) is 5.82 Å². The van der Waals surface area contributed by atoms with Crippen molar-refractivity contribution in [2.45, 2.75) is 25.1 Å². The van der Waals surface area contributed by atoms with Crippen LogP contribution < -0.4 is 4.90 Å². The minimum Gasteiger partial charge on any atom is -0.355 e. The van der Waals surface area contributed by atoms with E-state index in [4.69, 9.17) is 0 Å². The lowest BCUT2D eigenvalue weighted by Gasteiger charge is -2.37. The number of piperidine rings is 1. The third-order valence-corrected chi connectivity index (χ3v) is 6.88. The first-order valence-corrected chi connectivity index (χ1v) is 11.8. The van der Waals surface area contributed by atoms with Crippen molar-refractivity contribution in [2.75, 3.05) is 25.0 Å². The third kappa shape index (κ3) is 4.61. The van der Waals surface area contributed by atoms with Crippen molar-refractivity contribution in [3.63, 3.8) is 0 Å². The molecule has 0 unspecified atom stereocenters. The van der Waals surface area contributed by atoms with Crippen LogP contribution in [0.4, 0.5) is 23.4 Å². The molecule has 11 heteroatoms. The van der Waals surface area contributed by atoms with Crippen LogP contribution in [0.25, 0.3) is 22.2 Å². The number of aryl methyl sites for hydroxylation is 1. The molecule has 1 aliphatic heterocycles. The van der Waals surface area contributed by atoms with Gasteiger partial charge in [-0.05, 0) is 37.1 Å². The number of fused-ring (bicyclic) bond motifs is 1. The Morgan fingerprint density at radius 3 is 2.38 bits per heavy atom. The van der Waals surface area contributed by atoms with Gasteiger partial charge in [0, 0.05) is 50.2 Å². The summed E-state index contributed by atoms with van der Waals surface area (Å²) in [5.74, 6) is -1.10. The van der Waals surface area contributed by atoms with Crippen LogP contribution in [0.15, 0.2) is 54.7 Å². The van der Waals surface area contributed by atoms with E-state index in [1.807, 2.05) is 49.3 Å². The summed E-state index contributed by atoms with van der Waals surface area (Å²) in [5.41, 5.74) is -0.244. The number of carbonyl (C=O) groups excluding carboxylic acids is 1. The summed E-state index contributed by atoms with van der Waals surface area (Å²) in [5, 5.41) is 15.1. The Labute approximate surface area is 210 Å². The zero-order chi connectivity index (χ0) is 26.3. The van der Waals surface area contributed by atoms with Crippen LogP contribution in [-0.2, 0) is 13.2 Å². The number of hydrogen-bond acceptors (Lipinski definition) is 5. The maximum atomic E-state index is 13.5. The number of hydrogen-bond donors (Lipinski definition) is 0. The molecule has 37 heavy (non-hydrogen) atoms. The number of amides is 1. The topological polar surface area (TPSA) is 67.2 Å². The highest BCUT2D eigenvalue weighted by Crippen LogP contribution is 2.35. The maximum Gasteiger partial charge on any atom is 0.417 e. The molecule has 192 valence electrons. The van der Waals surface area contributed by atoms with Gasteiger partial charge < -0.3 is 9.80 Å². The lowest BCUT2D eigenvalue weighted by atomic mass is 10.00. The van der Waals surface area contributed by atoms with Gasteiger partial charge >= 0.3 is 6.18 Å². The molecule has 3 heterocycles. The Morgan fingerprint density at radius 1 is 1.03 bits per heavy atom. The number of aromatic nitrogens is 4. The molecular weight excluding hydrogens is 488 g/mol. The number of anilines is 1. The zero-order valence-electron chi connectivity index (χ0n) is 20.2. The zero-order valence-corrected chi connectivity index (χ0v) is 20.2. The number of nitrogens with zero attached hydrogens (tertiary/aromatic N) is 6. The van der Waals surface area contributed by atoms with Crippen LogP contribution >= 0.6 is 0 Å². The quantitative estimate of drug-likeness (QED) is 0.363. The summed E-state index contributed by atoms with van der Waals surface area (Å²) >= 11 is 0. The summed E-state index contributed by atoms with van der Waals surface area (Å²) in [4.78, 5) is 16.3.